The van der Waals surface area contributed by atoms with Crippen LogP contribution in [0.5, 0.6) is 0 Å². The topological polar surface area (TPSA) is 41.6 Å². The smallest absolute Gasteiger partial charge is 0.0931 e. The highest BCUT2D eigenvalue weighted by molar-refractivity contribution is 5.80. The number of imidazole rings is 1. The molecule has 3 nitrogen and oxygen atoms in total. The lowest BCUT2D eigenvalue weighted by Gasteiger charge is -1.99. The molecule has 71 valence electrons. The zero-order valence-electron chi connectivity index (χ0n) is 7.94. The summed E-state index contributed by atoms with van der Waals surface area (Å²) >= 11 is 0. The Morgan fingerprint density at radius 1 is 1.20 bits per heavy atom. The fourth-order valence-electron chi connectivity index (χ4n) is 1.57. The standard InChI is InChI=1S/C12H8N3/c1-2-6-13-10(3-1)9-4-5-11-12(7-9)15-8-14-11/h2-8H,(H,14,15). The largest absolute Gasteiger partial charge is 0.345 e. The molecule has 0 atom stereocenters. The molecule has 2 aromatic heterocycles. The summed E-state index contributed by atoms with van der Waals surface area (Å²) in [5.74, 6) is 0. The molecule has 0 saturated heterocycles. The minimum absolute atomic E-state index is 0.919. The van der Waals surface area contributed by atoms with E-state index < -0.39 is 0 Å². The fourth-order valence-corrected chi connectivity index (χ4v) is 1.57. The van der Waals surface area contributed by atoms with Crippen molar-refractivity contribution in [1.29, 1.82) is 0 Å². The minimum Gasteiger partial charge on any atom is -0.345 e. The summed E-state index contributed by atoms with van der Waals surface area (Å²) < 4.78 is 0. The van der Waals surface area contributed by atoms with E-state index in [0.29, 0.717) is 0 Å². The maximum absolute atomic E-state index is 4.27. The van der Waals surface area contributed by atoms with Crippen LogP contribution in [0.2, 0.25) is 0 Å². The normalized spacial score (nSPS) is 10.7. The predicted molar refractivity (Wildman–Crippen MR) is 58.2 cm³/mol. The van der Waals surface area contributed by atoms with Gasteiger partial charge in [-0.25, -0.2) is 4.98 Å². The fraction of sp³-hybridized carbons (Fsp3) is 0. The molecule has 3 rings (SSSR count). The number of fused-ring (bicyclic) bond motifs is 1. The van der Waals surface area contributed by atoms with Crippen LogP contribution >= 0.6 is 0 Å². The van der Waals surface area contributed by atoms with Crippen LogP contribution in [0.25, 0.3) is 22.3 Å². The lowest BCUT2D eigenvalue weighted by molar-refractivity contribution is 1.32. The molecular weight excluding hydrogens is 186 g/mol. The van der Waals surface area contributed by atoms with Gasteiger partial charge in [0.05, 0.1) is 23.1 Å². The molecule has 1 aromatic carbocycles. The van der Waals surface area contributed by atoms with Crippen molar-refractivity contribution in [3.63, 3.8) is 0 Å². The van der Waals surface area contributed by atoms with Gasteiger partial charge in [0.2, 0.25) is 0 Å². The number of H-pyrrole nitrogens is 1. The summed E-state index contributed by atoms with van der Waals surface area (Å²) in [5.41, 5.74) is 3.98. The highest BCUT2D eigenvalue weighted by Gasteiger charge is 2.01. The van der Waals surface area contributed by atoms with Crippen LogP contribution in [0.1, 0.15) is 0 Å². The number of rotatable bonds is 1. The number of nitrogens with zero attached hydrogens (tertiary/aromatic N) is 2. The third-order valence-corrected chi connectivity index (χ3v) is 2.32. The van der Waals surface area contributed by atoms with Gasteiger partial charge in [-0.2, -0.15) is 0 Å². The van der Waals surface area contributed by atoms with E-state index in [0.717, 1.165) is 22.3 Å². The Morgan fingerprint density at radius 2 is 2.20 bits per heavy atom. The first-order valence-electron chi connectivity index (χ1n) is 4.69. The van der Waals surface area contributed by atoms with E-state index in [1.165, 1.54) is 0 Å². The van der Waals surface area contributed by atoms with Crippen molar-refractivity contribution in [2.24, 2.45) is 0 Å². The molecule has 15 heavy (non-hydrogen) atoms. The molecule has 0 aliphatic heterocycles. The number of benzene rings is 1. The number of hydrogen-bond acceptors (Lipinski definition) is 2. The third-order valence-electron chi connectivity index (χ3n) is 2.32. The number of aromatic amines is 1. The van der Waals surface area contributed by atoms with E-state index in [-0.39, 0.29) is 0 Å². The van der Waals surface area contributed by atoms with E-state index in [1.807, 2.05) is 24.3 Å². The first-order chi connectivity index (χ1) is 7.43. The van der Waals surface area contributed by atoms with Crippen molar-refractivity contribution < 1.29 is 0 Å². The summed E-state index contributed by atoms with van der Waals surface area (Å²) in [7, 11) is 0. The van der Waals surface area contributed by atoms with Crippen molar-refractivity contribution in [1.82, 2.24) is 15.0 Å². The van der Waals surface area contributed by atoms with E-state index in [9.17, 15) is 0 Å². The molecule has 3 heteroatoms. The van der Waals surface area contributed by atoms with Gasteiger partial charge < -0.3 is 4.98 Å². The highest BCUT2D eigenvalue weighted by Crippen LogP contribution is 2.20. The van der Waals surface area contributed by atoms with Gasteiger partial charge in [0, 0.05) is 11.8 Å². The van der Waals surface area contributed by atoms with E-state index >= 15 is 0 Å². The molecule has 1 N–H and O–H groups in total. The van der Waals surface area contributed by atoms with Crippen molar-refractivity contribution in [2.45, 2.75) is 0 Å². The molecule has 2 heterocycles. The number of pyridine rings is 1. The van der Waals surface area contributed by atoms with Gasteiger partial charge in [0.25, 0.3) is 0 Å². The van der Waals surface area contributed by atoms with Crippen LogP contribution in [-0.2, 0) is 0 Å². The summed E-state index contributed by atoms with van der Waals surface area (Å²) in [6, 6.07) is 12.7. The lowest BCUT2D eigenvalue weighted by atomic mass is 10.1. The molecule has 0 spiro atoms. The monoisotopic (exact) mass is 194 g/mol. The molecule has 0 saturated carbocycles. The summed E-state index contributed by atoms with van der Waals surface area (Å²) in [5, 5.41) is 0. The number of aromatic nitrogens is 3. The average molecular weight is 194 g/mol. The van der Waals surface area contributed by atoms with E-state index in [4.69, 9.17) is 0 Å². The lowest BCUT2D eigenvalue weighted by Crippen LogP contribution is -1.81. The van der Waals surface area contributed by atoms with Crippen molar-refractivity contribution in [2.75, 3.05) is 0 Å². The Hall–Kier alpha value is -2.16. The van der Waals surface area contributed by atoms with Crippen LogP contribution in [0.3, 0.4) is 0 Å². The summed E-state index contributed by atoms with van der Waals surface area (Å²) in [4.78, 5) is 11.5. The Morgan fingerprint density at radius 3 is 3.07 bits per heavy atom. The SMILES string of the molecule is [c]1ccnc(-c2ccc3[nH]cnc3c2)c1. The Balaban J connectivity index is 2.19. The van der Waals surface area contributed by atoms with Gasteiger partial charge in [0.1, 0.15) is 0 Å². The van der Waals surface area contributed by atoms with Gasteiger partial charge in [-0.3, -0.25) is 4.98 Å². The second kappa shape index (κ2) is 3.20. The molecule has 1 radical (unpaired) electrons. The second-order valence-electron chi connectivity index (χ2n) is 3.28. The van der Waals surface area contributed by atoms with Crippen LogP contribution in [0, 0.1) is 6.07 Å². The van der Waals surface area contributed by atoms with Crippen molar-refractivity contribution >= 4 is 11.0 Å². The molecule has 0 aliphatic rings. The first kappa shape index (κ1) is 8.17. The van der Waals surface area contributed by atoms with Gasteiger partial charge in [0.15, 0.2) is 0 Å². The molecule has 0 bridgehead atoms. The summed E-state index contributed by atoms with van der Waals surface area (Å²) in [6.07, 6.45) is 3.43. The molecule has 0 fully saturated rings. The zero-order valence-corrected chi connectivity index (χ0v) is 7.94. The number of hydrogen-bond donors (Lipinski definition) is 1. The Bertz CT molecular complexity index is 584. The molecular formula is C12H8N3. The Kier molecular flexibility index (Phi) is 1.75. The minimum atomic E-state index is 0.919. The van der Waals surface area contributed by atoms with Crippen LogP contribution < -0.4 is 0 Å². The van der Waals surface area contributed by atoms with Crippen LogP contribution in [0.4, 0.5) is 0 Å². The quantitative estimate of drug-likeness (QED) is 0.646. The second-order valence-corrected chi connectivity index (χ2v) is 3.28. The van der Waals surface area contributed by atoms with Crippen molar-refractivity contribution in [3.8, 4) is 11.3 Å². The van der Waals surface area contributed by atoms with Gasteiger partial charge in [-0.15, -0.1) is 0 Å². The predicted octanol–water partition coefficient (Wildman–Crippen LogP) is 2.43. The van der Waals surface area contributed by atoms with Gasteiger partial charge >= 0.3 is 0 Å². The highest BCUT2D eigenvalue weighted by atomic mass is 14.9. The summed E-state index contributed by atoms with van der Waals surface area (Å²) in [6.45, 7) is 0. The van der Waals surface area contributed by atoms with Crippen LogP contribution in [-0.4, -0.2) is 15.0 Å². The average Bonchev–Trinajstić information content (AvgIpc) is 2.77. The maximum Gasteiger partial charge on any atom is 0.0931 e. The van der Waals surface area contributed by atoms with E-state index in [2.05, 4.69) is 21.0 Å². The van der Waals surface area contributed by atoms with E-state index in [1.54, 1.807) is 18.6 Å². The molecule has 0 amide bonds. The first-order valence-corrected chi connectivity index (χ1v) is 4.69. The van der Waals surface area contributed by atoms with Gasteiger partial charge in [-0.05, 0) is 30.3 Å². The van der Waals surface area contributed by atoms with Crippen LogP contribution in [0.15, 0.2) is 42.9 Å². The Labute approximate surface area is 86.8 Å². The maximum atomic E-state index is 4.27. The van der Waals surface area contributed by atoms with Crippen molar-refractivity contribution in [3.05, 3.63) is 48.9 Å². The van der Waals surface area contributed by atoms with Gasteiger partial charge in [-0.1, -0.05) is 6.07 Å². The third kappa shape index (κ3) is 1.38. The zero-order chi connectivity index (χ0) is 10.1. The molecule has 3 aromatic rings. The number of nitrogens with one attached hydrogen (secondary N) is 1. The molecule has 0 unspecified atom stereocenters. The molecule has 0 aliphatic carbocycles.